The molecule has 0 aliphatic rings. The molecule has 0 spiro atoms. The Morgan fingerprint density at radius 2 is 1.80 bits per heavy atom. The molecule has 2 aromatic carbocycles. The van der Waals surface area contributed by atoms with E-state index in [1.54, 1.807) is 18.2 Å². The number of aryl methyl sites for hydroxylation is 1. The molecule has 2 aromatic rings. The first-order valence-corrected chi connectivity index (χ1v) is 6.36. The molecule has 0 saturated carbocycles. The zero-order valence-corrected chi connectivity index (χ0v) is 10.9. The second-order valence-electron chi connectivity index (χ2n) is 4.30. The first-order valence-electron chi connectivity index (χ1n) is 6.36. The number of hydrogen-bond donors (Lipinski definition) is 1. The SMILES string of the molecule is O=C(CCc1ccccc1)N/N=C\c1ccccc1F. The molecule has 1 amide bonds. The van der Waals surface area contributed by atoms with Gasteiger partial charge in [-0.05, 0) is 18.1 Å². The van der Waals surface area contributed by atoms with Crippen LogP contribution in [0.5, 0.6) is 0 Å². The zero-order valence-electron chi connectivity index (χ0n) is 10.9. The highest BCUT2D eigenvalue weighted by atomic mass is 19.1. The van der Waals surface area contributed by atoms with Crippen molar-refractivity contribution in [2.75, 3.05) is 0 Å². The van der Waals surface area contributed by atoms with Gasteiger partial charge in [0.1, 0.15) is 5.82 Å². The molecule has 0 unspecified atom stereocenters. The minimum atomic E-state index is -0.366. The molecule has 2 rings (SSSR count). The molecule has 0 saturated heterocycles. The second kappa shape index (κ2) is 7.19. The van der Waals surface area contributed by atoms with Gasteiger partial charge in [0.2, 0.25) is 5.91 Å². The highest BCUT2D eigenvalue weighted by molar-refractivity contribution is 5.82. The number of hydrogen-bond acceptors (Lipinski definition) is 2. The summed E-state index contributed by atoms with van der Waals surface area (Å²) in [6, 6.07) is 16.0. The predicted molar refractivity (Wildman–Crippen MR) is 76.9 cm³/mol. The summed E-state index contributed by atoms with van der Waals surface area (Å²) >= 11 is 0. The van der Waals surface area contributed by atoms with E-state index >= 15 is 0 Å². The maximum absolute atomic E-state index is 13.3. The minimum Gasteiger partial charge on any atom is -0.273 e. The average Bonchev–Trinajstić information content (AvgIpc) is 2.48. The number of nitrogens with one attached hydrogen (secondary N) is 1. The van der Waals surface area contributed by atoms with Crippen molar-refractivity contribution in [3.8, 4) is 0 Å². The van der Waals surface area contributed by atoms with Crippen LogP contribution < -0.4 is 5.43 Å². The maximum Gasteiger partial charge on any atom is 0.240 e. The van der Waals surface area contributed by atoms with Crippen LogP contribution >= 0.6 is 0 Å². The van der Waals surface area contributed by atoms with Gasteiger partial charge in [-0.3, -0.25) is 4.79 Å². The van der Waals surface area contributed by atoms with Gasteiger partial charge in [-0.1, -0.05) is 48.5 Å². The van der Waals surface area contributed by atoms with Crippen molar-refractivity contribution < 1.29 is 9.18 Å². The normalized spacial score (nSPS) is 10.7. The van der Waals surface area contributed by atoms with Gasteiger partial charge in [0.25, 0.3) is 0 Å². The van der Waals surface area contributed by atoms with E-state index in [9.17, 15) is 9.18 Å². The van der Waals surface area contributed by atoms with E-state index in [0.717, 1.165) is 5.56 Å². The monoisotopic (exact) mass is 270 g/mol. The van der Waals surface area contributed by atoms with Gasteiger partial charge in [0.05, 0.1) is 6.21 Å². The molecule has 102 valence electrons. The fourth-order valence-corrected chi connectivity index (χ4v) is 1.71. The largest absolute Gasteiger partial charge is 0.273 e. The number of amides is 1. The Hall–Kier alpha value is -2.49. The molecule has 0 aliphatic heterocycles. The van der Waals surface area contributed by atoms with E-state index in [0.29, 0.717) is 18.4 Å². The van der Waals surface area contributed by atoms with Gasteiger partial charge in [-0.15, -0.1) is 0 Å². The van der Waals surface area contributed by atoms with Crippen LogP contribution in [0.25, 0.3) is 0 Å². The average molecular weight is 270 g/mol. The summed E-state index contributed by atoms with van der Waals surface area (Å²) in [5.74, 6) is -0.559. The fraction of sp³-hybridized carbons (Fsp3) is 0.125. The summed E-state index contributed by atoms with van der Waals surface area (Å²) in [6.07, 6.45) is 2.30. The number of hydrazone groups is 1. The Morgan fingerprint density at radius 3 is 2.55 bits per heavy atom. The Kier molecular flexibility index (Phi) is 5.00. The van der Waals surface area contributed by atoms with Crippen molar-refractivity contribution in [2.24, 2.45) is 5.10 Å². The van der Waals surface area contributed by atoms with Crippen molar-refractivity contribution in [2.45, 2.75) is 12.8 Å². The molecule has 0 aromatic heterocycles. The van der Waals surface area contributed by atoms with Crippen LogP contribution in [0.15, 0.2) is 59.7 Å². The third-order valence-corrected chi connectivity index (χ3v) is 2.78. The highest BCUT2D eigenvalue weighted by Gasteiger charge is 2.01. The Morgan fingerprint density at radius 1 is 1.10 bits per heavy atom. The summed E-state index contributed by atoms with van der Waals surface area (Å²) in [4.78, 5) is 11.6. The number of carbonyl (C=O) groups is 1. The zero-order chi connectivity index (χ0) is 14.2. The van der Waals surface area contributed by atoms with Crippen molar-refractivity contribution in [3.63, 3.8) is 0 Å². The van der Waals surface area contributed by atoms with Gasteiger partial charge in [0, 0.05) is 12.0 Å². The smallest absolute Gasteiger partial charge is 0.240 e. The fourth-order valence-electron chi connectivity index (χ4n) is 1.71. The standard InChI is InChI=1S/C16H15FN2O/c17-15-9-5-4-8-14(15)12-18-19-16(20)11-10-13-6-2-1-3-7-13/h1-9,12H,10-11H2,(H,19,20)/b18-12-. The number of nitrogens with zero attached hydrogens (tertiary/aromatic N) is 1. The topological polar surface area (TPSA) is 41.5 Å². The van der Waals surface area contributed by atoms with E-state index in [1.165, 1.54) is 12.3 Å². The van der Waals surface area contributed by atoms with Gasteiger partial charge in [-0.25, -0.2) is 9.82 Å². The molecule has 0 aliphatic carbocycles. The van der Waals surface area contributed by atoms with E-state index in [4.69, 9.17) is 0 Å². The summed E-state index contributed by atoms with van der Waals surface area (Å²) in [5.41, 5.74) is 3.83. The lowest BCUT2D eigenvalue weighted by Gasteiger charge is -2.00. The van der Waals surface area contributed by atoms with Gasteiger partial charge in [0.15, 0.2) is 0 Å². The molecule has 0 radical (unpaired) electrons. The molecule has 0 heterocycles. The highest BCUT2D eigenvalue weighted by Crippen LogP contribution is 2.03. The van der Waals surface area contributed by atoms with Crippen LogP contribution in [0.2, 0.25) is 0 Å². The van der Waals surface area contributed by atoms with Crippen LogP contribution in [0.4, 0.5) is 4.39 Å². The minimum absolute atomic E-state index is 0.193. The Labute approximate surface area is 117 Å². The van der Waals surface area contributed by atoms with Crippen LogP contribution in [0.3, 0.4) is 0 Å². The summed E-state index contributed by atoms with van der Waals surface area (Å²) in [7, 11) is 0. The molecule has 0 atom stereocenters. The molecule has 4 heteroatoms. The lowest BCUT2D eigenvalue weighted by Crippen LogP contribution is -2.18. The lowest BCUT2D eigenvalue weighted by atomic mass is 10.1. The molecule has 0 bridgehead atoms. The third-order valence-electron chi connectivity index (χ3n) is 2.78. The quantitative estimate of drug-likeness (QED) is 0.658. The number of rotatable bonds is 5. The molecule has 3 nitrogen and oxygen atoms in total. The van der Waals surface area contributed by atoms with Crippen molar-refractivity contribution >= 4 is 12.1 Å². The molecular formula is C16H15FN2O. The lowest BCUT2D eigenvalue weighted by molar-refractivity contribution is -0.121. The molecule has 1 N–H and O–H groups in total. The van der Waals surface area contributed by atoms with Gasteiger partial charge >= 0.3 is 0 Å². The van der Waals surface area contributed by atoms with Crippen LogP contribution in [-0.4, -0.2) is 12.1 Å². The van der Waals surface area contributed by atoms with Crippen LogP contribution in [0, 0.1) is 5.82 Å². The first-order chi connectivity index (χ1) is 9.75. The first kappa shape index (κ1) is 13.9. The Bertz CT molecular complexity index is 596. The number of carbonyl (C=O) groups excluding carboxylic acids is 1. The molecular weight excluding hydrogens is 255 g/mol. The van der Waals surface area contributed by atoms with Crippen LogP contribution in [0.1, 0.15) is 17.5 Å². The maximum atomic E-state index is 13.3. The second-order valence-corrected chi connectivity index (χ2v) is 4.30. The number of halogens is 1. The van der Waals surface area contributed by atoms with Crippen molar-refractivity contribution in [3.05, 3.63) is 71.5 Å². The summed E-state index contributed by atoms with van der Waals surface area (Å²) in [6.45, 7) is 0. The Balaban J connectivity index is 1.79. The third kappa shape index (κ3) is 4.31. The van der Waals surface area contributed by atoms with Crippen molar-refractivity contribution in [1.82, 2.24) is 5.43 Å². The number of benzene rings is 2. The van der Waals surface area contributed by atoms with Gasteiger partial charge < -0.3 is 0 Å². The van der Waals surface area contributed by atoms with E-state index in [2.05, 4.69) is 10.5 Å². The molecule has 20 heavy (non-hydrogen) atoms. The van der Waals surface area contributed by atoms with E-state index < -0.39 is 0 Å². The molecule has 0 fully saturated rings. The van der Waals surface area contributed by atoms with Crippen molar-refractivity contribution in [1.29, 1.82) is 0 Å². The van der Waals surface area contributed by atoms with Crippen LogP contribution in [-0.2, 0) is 11.2 Å². The predicted octanol–water partition coefficient (Wildman–Crippen LogP) is 2.91. The van der Waals surface area contributed by atoms with E-state index in [1.807, 2.05) is 30.3 Å². The summed E-state index contributed by atoms with van der Waals surface area (Å²) in [5, 5.41) is 3.75. The van der Waals surface area contributed by atoms with Gasteiger partial charge in [-0.2, -0.15) is 5.10 Å². The summed E-state index contributed by atoms with van der Waals surface area (Å²) < 4.78 is 13.3. The van der Waals surface area contributed by atoms with E-state index in [-0.39, 0.29) is 11.7 Å².